The van der Waals surface area contributed by atoms with Crippen LogP contribution in [0.2, 0.25) is 5.02 Å². The lowest BCUT2D eigenvalue weighted by Crippen LogP contribution is -2.28. The van der Waals surface area contributed by atoms with Gasteiger partial charge in [-0.3, -0.25) is 4.79 Å². The number of amides is 1. The van der Waals surface area contributed by atoms with Crippen LogP contribution in [0.3, 0.4) is 0 Å². The van der Waals surface area contributed by atoms with Crippen molar-refractivity contribution in [1.29, 1.82) is 0 Å². The Bertz CT molecular complexity index is 1240. The molecule has 6 nitrogen and oxygen atoms in total. The van der Waals surface area contributed by atoms with Crippen molar-refractivity contribution in [3.63, 3.8) is 0 Å². The van der Waals surface area contributed by atoms with Crippen molar-refractivity contribution in [2.45, 2.75) is 46.6 Å². The van der Waals surface area contributed by atoms with E-state index >= 15 is 0 Å². The molecule has 0 fully saturated rings. The molecular formula is C26H27ClN2O4S. The van der Waals surface area contributed by atoms with Crippen LogP contribution in [0, 0.1) is 11.3 Å². The van der Waals surface area contributed by atoms with Gasteiger partial charge in [0.1, 0.15) is 10.8 Å². The maximum absolute atomic E-state index is 13.3. The maximum atomic E-state index is 13.3. The predicted molar refractivity (Wildman–Crippen MR) is 134 cm³/mol. The average Bonchev–Trinajstić information content (AvgIpc) is 3.54. The topological polar surface area (TPSA) is 73.1 Å². The quantitative estimate of drug-likeness (QED) is 0.404. The summed E-state index contributed by atoms with van der Waals surface area (Å²) in [4.78, 5) is 19.3. The third kappa shape index (κ3) is 4.59. The van der Waals surface area contributed by atoms with Crippen LogP contribution in [0.4, 0.5) is 5.00 Å². The second kappa shape index (κ2) is 9.12. The molecule has 0 saturated heterocycles. The van der Waals surface area contributed by atoms with E-state index in [0.717, 1.165) is 24.8 Å². The molecular weight excluding hydrogens is 472 g/mol. The molecule has 34 heavy (non-hydrogen) atoms. The summed E-state index contributed by atoms with van der Waals surface area (Å²) in [6.45, 7) is 7.37. The number of furan rings is 1. The minimum Gasteiger partial charge on any atom is -0.467 e. The van der Waals surface area contributed by atoms with E-state index in [-0.39, 0.29) is 18.1 Å². The number of halogens is 1. The molecule has 5 rings (SSSR count). The Morgan fingerprint density at radius 1 is 1.29 bits per heavy atom. The van der Waals surface area contributed by atoms with E-state index in [1.807, 2.05) is 18.2 Å². The zero-order valence-corrected chi connectivity index (χ0v) is 21.0. The zero-order chi connectivity index (χ0) is 23.9. The number of rotatable bonds is 5. The standard InChI is InChI=1S/C26H27ClN2O4S/c1-26(2,3)16-6-7-18-22(10-16)34-25(23(18)24(30)28-13-17-5-4-8-31-17)29-12-15-9-20-21(11-19(15)27)33-14-32-20/h4-5,8-9,11-12,16H,6-7,10,13-14H2,1-3H3,(H,28,30)/t16-/m1/s1. The molecule has 0 bridgehead atoms. The van der Waals surface area contributed by atoms with Gasteiger partial charge in [0, 0.05) is 22.7 Å². The third-order valence-corrected chi connectivity index (χ3v) is 8.00. The lowest BCUT2D eigenvalue weighted by molar-refractivity contribution is 0.0947. The highest BCUT2D eigenvalue weighted by molar-refractivity contribution is 7.16. The molecule has 0 radical (unpaired) electrons. The average molecular weight is 499 g/mol. The molecule has 8 heteroatoms. The van der Waals surface area contributed by atoms with Gasteiger partial charge in [-0.15, -0.1) is 11.3 Å². The van der Waals surface area contributed by atoms with Gasteiger partial charge in [0.05, 0.1) is 23.4 Å². The van der Waals surface area contributed by atoms with Crippen LogP contribution < -0.4 is 14.8 Å². The number of nitrogens with one attached hydrogen (secondary N) is 1. The van der Waals surface area contributed by atoms with Crippen molar-refractivity contribution in [1.82, 2.24) is 5.32 Å². The fourth-order valence-electron chi connectivity index (χ4n) is 4.46. The van der Waals surface area contributed by atoms with Crippen LogP contribution in [0.25, 0.3) is 0 Å². The Kier molecular flexibility index (Phi) is 6.16. The van der Waals surface area contributed by atoms with Gasteiger partial charge in [-0.2, -0.15) is 0 Å². The van der Waals surface area contributed by atoms with E-state index in [2.05, 4.69) is 26.1 Å². The molecule has 1 N–H and O–H groups in total. The van der Waals surface area contributed by atoms with Crippen LogP contribution in [-0.4, -0.2) is 18.9 Å². The summed E-state index contributed by atoms with van der Waals surface area (Å²) in [5.41, 5.74) is 2.71. The van der Waals surface area contributed by atoms with Crippen molar-refractivity contribution >= 4 is 40.1 Å². The second-order valence-electron chi connectivity index (χ2n) is 9.74. The normalized spacial score (nSPS) is 17.2. The van der Waals surface area contributed by atoms with Crippen LogP contribution in [-0.2, 0) is 19.4 Å². The lowest BCUT2D eigenvalue weighted by atomic mass is 9.72. The number of carbonyl (C=O) groups is 1. The number of aliphatic imine (C=N–C) groups is 1. The molecule has 0 saturated carbocycles. The molecule has 1 aliphatic heterocycles. The minimum atomic E-state index is -0.132. The number of hydrogen-bond acceptors (Lipinski definition) is 6. The number of thiophene rings is 1. The number of fused-ring (bicyclic) bond motifs is 2. The SMILES string of the molecule is CC(C)(C)[C@@H]1CCc2c(sc(N=Cc3cc4c(cc3Cl)OCO4)c2C(=O)NCc2ccco2)C1. The zero-order valence-electron chi connectivity index (χ0n) is 19.4. The van der Waals surface area contributed by atoms with Crippen molar-refractivity contribution < 1.29 is 18.7 Å². The Morgan fingerprint density at radius 3 is 2.82 bits per heavy atom. The number of ether oxygens (including phenoxy) is 2. The lowest BCUT2D eigenvalue weighted by Gasteiger charge is -2.33. The van der Waals surface area contributed by atoms with E-state index < -0.39 is 0 Å². The van der Waals surface area contributed by atoms with Crippen LogP contribution in [0.1, 0.15) is 59.3 Å². The first-order valence-corrected chi connectivity index (χ1v) is 12.6. The molecule has 2 aliphatic rings. The first-order chi connectivity index (χ1) is 16.3. The fourth-order valence-corrected chi connectivity index (χ4v) is 5.94. The predicted octanol–water partition coefficient (Wildman–Crippen LogP) is 6.55. The molecule has 1 aliphatic carbocycles. The largest absolute Gasteiger partial charge is 0.467 e. The highest BCUT2D eigenvalue weighted by Crippen LogP contribution is 2.45. The number of carbonyl (C=O) groups excluding carboxylic acids is 1. The first-order valence-electron chi connectivity index (χ1n) is 11.4. The van der Waals surface area contributed by atoms with E-state index in [0.29, 0.717) is 50.9 Å². The van der Waals surface area contributed by atoms with Crippen molar-refractivity contribution in [2.75, 3.05) is 6.79 Å². The molecule has 0 unspecified atom stereocenters. The summed E-state index contributed by atoms with van der Waals surface area (Å²) in [6, 6.07) is 7.20. The van der Waals surface area contributed by atoms with Crippen LogP contribution >= 0.6 is 22.9 Å². The Hall–Kier alpha value is -2.77. The highest BCUT2D eigenvalue weighted by atomic mass is 35.5. The van der Waals surface area contributed by atoms with Gasteiger partial charge in [-0.1, -0.05) is 32.4 Å². The number of hydrogen-bond donors (Lipinski definition) is 1. The molecule has 1 amide bonds. The van der Waals surface area contributed by atoms with Crippen molar-refractivity contribution in [2.24, 2.45) is 16.3 Å². The summed E-state index contributed by atoms with van der Waals surface area (Å²) in [6.07, 6.45) is 6.19. The summed E-state index contributed by atoms with van der Waals surface area (Å²) in [7, 11) is 0. The Labute approximate surface area is 207 Å². The van der Waals surface area contributed by atoms with Crippen molar-refractivity contribution in [3.05, 3.63) is 62.9 Å². The van der Waals surface area contributed by atoms with Gasteiger partial charge in [-0.25, -0.2) is 4.99 Å². The van der Waals surface area contributed by atoms with Crippen molar-refractivity contribution in [3.8, 4) is 11.5 Å². The van der Waals surface area contributed by atoms with Gasteiger partial charge in [-0.05, 0) is 54.4 Å². The minimum absolute atomic E-state index is 0.132. The van der Waals surface area contributed by atoms with Gasteiger partial charge in [0.15, 0.2) is 11.5 Å². The molecule has 0 spiro atoms. The monoisotopic (exact) mass is 498 g/mol. The van der Waals surface area contributed by atoms with Gasteiger partial charge in [0.25, 0.3) is 5.91 Å². The van der Waals surface area contributed by atoms with E-state index in [1.165, 1.54) is 4.88 Å². The number of nitrogens with zero attached hydrogens (tertiary/aromatic N) is 1. The van der Waals surface area contributed by atoms with Gasteiger partial charge in [0.2, 0.25) is 6.79 Å². The molecule has 3 heterocycles. The van der Waals surface area contributed by atoms with E-state index in [1.54, 1.807) is 29.9 Å². The summed E-state index contributed by atoms with van der Waals surface area (Å²) in [5, 5.41) is 4.22. The molecule has 3 aromatic rings. The molecule has 178 valence electrons. The summed E-state index contributed by atoms with van der Waals surface area (Å²) in [5.74, 6) is 2.41. The molecule has 1 atom stereocenters. The fraction of sp³-hybridized carbons (Fsp3) is 0.385. The second-order valence-corrected chi connectivity index (χ2v) is 11.2. The van der Waals surface area contributed by atoms with Crippen LogP contribution in [0.15, 0.2) is 39.9 Å². The number of benzene rings is 1. The molecule has 1 aromatic carbocycles. The summed E-state index contributed by atoms with van der Waals surface area (Å²) >= 11 is 8.04. The van der Waals surface area contributed by atoms with Crippen LogP contribution in [0.5, 0.6) is 11.5 Å². The molecule has 2 aromatic heterocycles. The van der Waals surface area contributed by atoms with E-state index in [9.17, 15) is 4.79 Å². The van der Waals surface area contributed by atoms with E-state index in [4.69, 9.17) is 30.5 Å². The Balaban J connectivity index is 1.47. The Morgan fingerprint density at radius 2 is 2.09 bits per heavy atom. The first kappa shape index (κ1) is 23.0. The van der Waals surface area contributed by atoms with Gasteiger partial charge >= 0.3 is 0 Å². The maximum Gasteiger partial charge on any atom is 0.255 e. The highest BCUT2D eigenvalue weighted by Gasteiger charge is 2.33. The van der Waals surface area contributed by atoms with Gasteiger partial charge < -0.3 is 19.2 Å². The summed E-state index contributed by atoms with van der Waals surface area (Å²) < 4.78 is 16.2. The third-order valence-electron chi connectivity index (χ3n) is 6.51. The smallest absolute Gasteiger partial charge is 0.255 e.